The maximum atomic E-state index is 13.3. The first-order chi connectivity index (χ1) is 13.2. The molecule has 1 aliphatic heterocycles. The number of aromatic nitrogens is 1. The van der Waals surface area contributed by atoms with E-state index in [9.17, 15) is 4.79 Å². The molecule has 3 atom stereocenters. The Morgan fingerprint density at radius 2 is 2.18 bits per heavy atom. The number of halogens is 1. The molecule has 1 radical (unpaired) electrons. The van der Waals surface area contributed by atoms with Crippen molar-refractivity contribution in [3.05, 3.63) is 22.3 Å². The number of fused-ring (bicyclic) bond motifs is 1. The summed E-state index contributed by atoms with van der Waals surface area (Å²) in [7, 11) is 1.06. The molecule has 28 heavy (non-hydrogen) atoms. The van der Waals surface area contributed by atoms with Gasteiger partial charge in [-0.25, -0.2) is 4.98 Å². The molecule has 3 unspecified atom stereocenters. The molecule has 0 aromatic carbocycles. The standard InChI is InChI=1S/C20H33BrN3O3Si/c1-13(2)12-28(6)26-11-15(4)24-10-14(3)18(9-22-5)27-19-17(20(24)25)7-16(21)8-23-19/h7-8,13-15,18,22H,9-12H2,1-6H3. The average molecular weight is 471 g/mol. The molecule has 1 N–H and O–H groups in total. The Morgan fingerprint density at radius 1 is 1.46 bits per heavy atom. The molecule has 2 heterocycles. The third-order valence-electron chi connectivity index (χ3n) is 4.90. The van der Waals surface area contributed by atoms with Crippen LogP contribution in [0.1, 0.15) is 38.1 Å². The van der Waals surface area contributed by atoms with Gasteiger partial charge in [0.1, 0.15) is 11.7 Å². The lowest BCUT2D eigenvalue weighted by Gasteiger charge is -2.37. The molecule has 0 aliphatic carbocycles. The Labute approximate surface area is 179 Å². The minimum atomic E-state index is -0.847. The highest BCUT2D eigenvalue weighted by atomic mass is 79.9. The van der Waals surface area contributed by atoms with Gasteiger partial charge in [0.2, 0.25) is 14.9 Å². The summed E-state index contributed by atoms with van der Waals surface area (Å²) in [6, 6.07) is 2.90. The van der Waals surface area contributed by atoms with E-state index in [1.807, 2.05) is 11.9 Å². The van der Waals surface area contributed by atoms with Crippen molar-refractivity contribution in [2.45, 2.75) is 52.4 Å². The minimum Gasteiger partial charge on any atom is -0.472 e. The van der Waals surface area contributed by atoms with Crippen LogP contribution < -0.4 is 10.1 Å². The number of carbonyl (C=O) groups is 1. The van der Waals surface area contributed by atoms with Gasteiger partial charge < -0.3 is 19.4 Å². The number of nitrogens with zero attached hydrogens (tertiary/aromatic N) is 2. The maximum Gasteiger partial charge on any atom is 0.259 e. The van der Waals surface area contributed by atoms with Gasteiger partial charge in [-0.2, -0.15) is 0 Å². The van der Waals surface area contributed by atoms with Crippen LogP contribution in [0.4, 0.5) is 0 Å². The Bertz CT molecular complexity index is 662. The summed E-state index contributed by atoms with van der Waals surface area (Å²) < 4.78 is 13.0. The van der Waals surface area contributed by atoms with Crippen molar-refractivity contribution in [3.8, 4) is 5.88 Å². The van der Waals surface area contributed by atoms with Crippen LogP contribution in [0.15, 0.2) is 16.7 Å². The SMILES string of the molecule is CNCC1Oc2ncc(Br)cc2C(=O)N(C(C)CO[Si](C)CC(C)C)CC1C. The van der Waals surface area contributed by atoms with Gasteiger partial charge in [0.15, 0.2) is 0 Å². The van der Waals surface area contributed by atoms with Gasteiger partial charge in [-0.3, -0.25) is 4.79 Å². The molecule has 1 aliphatic rings. The second-order valence-corrected chi connectivity index (χ2v) is 11.1. The number of hydrogen-bond acceptors (Lipinski definition) is 5. The third-order valence-corrected chi connectivity index (χ3v) is 7.38. The topological polar surface area (TPSA) is 63.7 Å². The maximum absolute atomic E-state index is 13.3. The van der Waals surface area contributed by atoms with E-state index in [0.717, 1.165) is 10.5 Å². The van der Waals surface area contributed by atoms with E-state index in [2.05, 4.69) is 60.5 Å². The molecule has 0 spiro atoms. The molecule has 0 fully saturated rings. The number of ether oxygens (including phenoxy) is 1. The minimum absolute atomic E-state index is 0.0118. The van der Waals surface area contributed by atoms with E-state index < -0.39 is 9.04 Å². The number of carbonyl (C=O) groups excluding carboxylic acids is 1. The van der Waals surface area contributed by atoms with Crippen molar-refractivity contribution < 1.29 is 14.0 Å². The first-order valence-electron chi connectivity index (χ1n) is 9.95. The molecule has 6 nitrogen and oxygen atoms in total. The lowest BCUT2D eigenvalue weighted by atomic mass is 10.0. The van der Waals surface area contributed by atoms with Crippen LogP contribution in [0.2, 0.25) is 12.6 Å². The molecule has 8 heteroatoms. The lowest BCUT2D eigenvalue weighted by Crippen LogP contribution is -2.50. The molecule has 0 saturated carbocycles. The van der Waals surface area contributed by atoms with Gasteiger partial charge in [0.25, 0.3) is 5.91 Å². The highest BCUT2D eigenvalue weighted by Gasteiger charge is 2.33. The summed E-state index contributed by atoms with van der Waals surface area (Å²) in [5.74, 6) is 1.15. The van der Waals surface area contributed by atoms with E-state index in [-0.39, 0.29) is 24.0 Å². The van der Waals surface area contributed by atoms with E-state index in [1.165, 1.54) is 0 Å². The second kappa shape index (κ2) is 10.7. The zero-order valence-electron chi connectivity index (χ0n) is 17.8. The highest BCUT2D eigenvalue weighted by molar-refractivity contribution is 9.10. The summed E-state index contributed by atoms with van der Waals surface area (Å²) in [5, 5.41) is 3.19. The fourth-order valence-corrected chi connectivity index (χ4v) is 5.53. The Morgan fingerprint density at radius 3 is 2.82 bits per heavy atom. The van der Waals surface area contributed by atoms with Crippen molar-refractivity contribution >= 4 is 30.9 Å². The molecule has 1 aromatic heterocycles. The van der Waals surface area contributed by atoms with Crippen molar-refractivity contribution in [3.63, 3.8) is 0 Å². The predicted octanol–water partition coefficient (Wildman–Crippen LogP) is 3.59. The first kappa shape index (κ1) is 23.3. The first-order valence-corrected chi connectivity index (χ1v) is 12.9. The van der Waals surface area contributed by atoms with E-state index >= 15 is 0 Å². The number of amides is 1. The molecule has 1 aromatic rings. The van der Waals surface area contributed by atoms with Crippen LogP contribution in [0.25, 0.3) is 0 Å². The summed E-state index contributed by atoms with van der Waals surface area (Å²) in [5.41, 5.74) is 0.499. The molecule has 0 saturated heterocycles. The lowest BCUT2D eigenvalue weighted by molar-refractivity contribution is 0.0419. The summed E-state index contributed by atoms with van der Waals surface area (Å²) in [6.07, 6.45) is 1.61. The van der Waals surface area contributed by atoms with Gasteiger partial charge in [-0.05, 0) is 54.5 Å². The summed E-state index contributed by atoms with van der Waals surface area (Å²) in [4.78, 5) is 19.6. The molecule has 1 amide bonds. The second-order valence-electron chi connectivity index (χ2n) is 8.12. The van der Waals surface area contributed by atoms with E-state index in [0.29, 0.717) is 37.1 Å². The number of pyridine rings is 1. The Hall–Kier alpha value is -0.963. The van der Waals surface area contributed by atoms with Crippen LogP contribution in [0.3, 0.4) is 0 Å². The monoisotopic (exact) mass is 470 g/mol. The summed E-state index contributed by atoms with van der Waals surface area (Å²) in [6.45, 7) is 12.7. The van der Waals surface area contributed by atoms with Crippen LogP contribution in [0, 0.1) is 11.8 Å². The van der Waals surface area contributed by atoms with Crippen molar-refractivity contribution in [2.75, 3.05) is 26.7 Å². The van der Waals surface area contributed by atoms with Gasteiger partial charge >= 0.3 is 0 Å². The Kier molecular flexibility index (Phi) is 8.92. The smallest absolute Gasteiger partial charge is 0.259 e. The van der Waals surface area contributed by atoms with Gasteiger partial charge in [0.05, 0.1) is 12.6 Å². The third kappa shape index (κ3) is 6.27. The largest absolute Gasteiger partial charge is 0.472 e. The fourth-order valence-electron chi connectivity index (χ4n) is 3.41. The molecular formula is C20H33BrN3O3Si. The van der Waals surface area contributed by atoms with Crippen LogP contribution in [-0.4, -0.2) is 63.7 Å². The van der Waals surface area contributed by atoms with Gasteiger partial charge in [-0.1, -0.05) is 20.8 Å². The van der Waals surface area contributed by atoms with E-state index in [1.54, 1.807) is 12.3 Å². The molecule has 0 bridgehead atoms. The van der Waals surface area contributed by atoms with Crippen molar-refractivity contribution in [1.82, 2.24) is 15.2 Å². The van der Waals surface area contributed by atoms with Crippen molar-refractivity contribution in [2.24, 2.45) is 11.8 Å². The number of likely N-dealkylation sites (N-methyl/N-ethyl adjacent to an activating group) is 1. The average Bonchev–Trinajstić information content (AvgIpc) is 2.63. The fraction of sp³-hybridized carbons (Fsp3) is 0.700. The van der Waals surface area contributed by atoms with Crippen LogP contribution >= 0.6 is 15.9 Å². The molecular weight excluding hydrogens is 438 g/mol. The van der Waals surface area contributed by atoms with Crippen molar-refractivity contribution in [1.29, 1.82) is 0 Å². The van der Waals surface area contributed by atoms with Crippen LogP contribution in [-0.2, 0) is 4.43 Å². The van der Waals surface area contributed by atoms with Gasteiger partial charge in [-0.15, -0.1) is 0 Å². The quantitative estimate of drug-likeness (QED) is 0.588. The highest BCUT2D eigenvalue weighted by Crippen LogP contribution is 2.28. The molecule has 2 rings (SSSR count). The number of nitrogens with one attached hydrogen (secondary N) is 1. The van der Waals surface area contributed by atoms with Gasteiger partial charge in [0, 0.05) is 29.7 Å². The number of hydrogen-bond donors (Lipinski definition) is 1. The normalized spacial score (nSPS) is 21.3. The summed E-state index contributed by atoms with van der Waals surface area (Å²) >= 11 is 3.43. The number of rotatable bonds is 8. The van der Waals surface area contributed by atoms with E-state index in [4.69, 9.17) is 9.16 Å². The molecule has 157 valence electrons. The predicted molar refractivity (Wildman–Crippen MR) is 117 cm³/mol. The van der Waals surface area contributed by atoms with Crippen LogP contribution in [0.5, 0.6) is 5.88 Å². The Balaban J connectivity index is 2.24. The zero-order chi connectivity index (χ0) is 20.8. The zero-order valence-corrected chi connectivity index (χ0v) is 20.4.